The molecular weight excluding hydrogens is 306 g/mol. The summed E-state index contributed by atoms with van der Waals surface area (Å²) in [7, 11) is 0. The summed E-state index contributed by atoms with van der Waals surface area (Å²) in [5.74, 6) is -0.116. The van der Waals surface area contributed by atoms with E-state index in [-0.39, 0.29) is 5.91 Å². The number of pyridine rings is 1. The molecule has 1 amide bonds. The van der Waals surface area contributed by atoms with E-state index in [4.69, 9.17) is 0 Å². The number of nitrogens with zero attached hydrogens (tertiary/aromatic N) is 2. The van der Waals surface area contributed by atoms with Gasteiger partial charge in [-0.1, -0.05) is 30.3 Å². The summed E-state index contributed by atoms with van der Waals surface area (Å²) in [6, 6.07) is 14.1. The largest absolute Gasteiger partial charge is 0.351 e. The molecule has 4 nitrogen and oxygen atoms in total. The summed E-state index contributed by atoms with van der Waals surface area (Å²) in [4.78, 5) is 20.5. The SMILES string of the molecule is O=C(NCCCc1ccccc1)c1csc(-c2ccncc2)n1. The molecule has 5 heteroatoms. The van der Waals surface area contributed by atoms with E-state index in [1.807, 2.05) is 30.3 Å². The Hall–Kier alpha value is -2.53. The standard InChI is InChI=1S/C18H17N3OS/c22-17(20-10-4-7-14-5-2-1-3-6-14)16-13-23-18(21-16)15-8-11-19-12-9-15/h1-3,5-6,8-9,11-13H,4,7,10H2,(H,20,22). The summed E-state index contributed by atoms with van der Waals surface area (Å²) in [6.45, 7) is 0.649. The summed E-state index contributed by atoms with van der Waals surface area (Å²) >= 11 is 1.47. The number of thiazole rings is 1. The lowest BCUT2D eigenvalue weighted by atomic mass is 10.1. The van der Waals surface area contributed by atoms with Crippen molar-refractivity contribution in [2.24, 2.45) is 0 Å². The van der Waals surface area contributed by atoms with Crippen molar-refractivity contribution in [3.63, 3.8) is 0 Å². The van der Waals surface area contributed by atoms with Crippen LogP contribution >= 0.6 is 11.3 Å². The van der Waals surface area contributed by atoms with Crippen molar-refractivity contribution in [1.82, 2.24) is 15.3 Å². The van der Waals surface area contributed by atoms with Gasteiger partial charge in [0, 0.05) is 29.9 Å². The summed E-state index contributed by atoms with van der Waals surface area (Å²) in [6.07, 6.45) is 5.32. The van der Waals surface area contributed by atoms with Gasteiger partial charge >= 0.3 is 0 Å². The molecule has 0 aliphatic heterocycles. The molecule has 3 rings (SSSR count). The van der Waals surface area contributed by atoms with Crippen LogP contribution in [0.3, 0.4) is 0 Å². The second-order valence-corrected chi connectivity index (χ2v) is 5.98. The van der Waals surface area contributed by atoms with Gasteiger partial charge in [-0.05, 0) is 30.5 Å². The maximum absolute atomic E-state index is 12.1. The fourth-order valence-electron chi connectivity index (χ4n) is 2.23. The quantitative estimate of drug-likeness (QED) is 0.706. The van der Waals surface area contributed by atoms with Crippen molar-refractivity contribution < 1.29 is 4.79 Å². The lowest BCUT2D eigenvalue weighted by Gasteiger charge is -2.03. The van der Waals surface area contributed by atoms with Crippen molar-refractivity contribution in [2.45, 2.75) is 12.8 Å². The Morgan fingerprint density at radius 3 is 2.65 bits per heavy atom. The molecule has 0 unspecified atom stereocenters. The number of nitrogens with one attached hydrogen (secondary N) is 1. The Balaban J connectivity index is 1.50. The van der Waals surface area contributed by atoms with Crippen molar-refractivity contribution in [1.29, 1.82) is 0 Å². The Bertz CT molecular complexity index is 756. The van der Waals surface area contributed by atoms with Gasteiger partial charge in [-0.25, -0.2) is 4.98 Å². The number of rotatable bonds is 6. The molecule has 2 aromatic heterocycles. The molecule has 3 aromatic rings. The highest BCUT2D eigenvalue weighted by atomic mass is 32.1. The Morgan fingerprint density at radius 2 is 1.87 bits per heavy atom. The lowest BCUT2D eigenvalue weighted by molar-refractivity contribution is 0.0949. The summed E-state index contributed by atoms with van der Waals surface area (Å²) in [5.41, 5.74) is 2.74. The van der Waals surface area contributed by atoms with Crippen LogP contribution in [-0.4, -0.2) is 22.4 Å². The number of hydrogen-bond donors (Lipinski definition) is 1. The van der Waals surface area contributed by atoms with E-state index in [1.54, 1.807) is 17.8 Å². The minimum absolute atomic E-state index is 0.116. The van der Waals surface area contributed by atoms with Crippen molar-refractivity contribution in [2.75, 3.05) is 6.54 Å². The van der Waals surface area contributed by atoms with Crippen LogP contribution in [0.5, 0.6) is 0 Å². The first kappa shape index (κ1) is 15.4. The molecule has 1 aromatic carbocycles. The highest BCUT2D eigenvalue weighted by Crippen LogP contribution is 2.22. The number of amides is 1. The third kappa shape index (κ3) is 4.23. The topological polar surface area (TPSA) is 54.9 Å². The smallest absolute Gasteiger partial charge is 0.270 e. The minimum Gasteiger partial charge on any atom is -0.351 e. The molecule has 0 atom stereocenters. The average Bonchev–Trinajstić information content (AvgIpc) is 3.10. The number of aromatic nitrogens is 2. The molecule has 0 fully saturated rings. The second kappa shape index (κ2) is 7.65. The number of benzene rings is 1. The zero-order chi connectivity index (χ0) is 15.9. The molecule has 0 aliphatic rings. The molecule has 0 radical (unpaired) electrons. The Morgan fingerprint density at radius 1 is 1.09 bits per heavy atom. The zero-order valence-electron chi connectivity index (χ0n) is 12.6. The number of carbonyl (C=O) groups excluding carboxylic acids is 1. The van der Waals surface area contributed by atoms with Crippen LogP contribution in [0, 0.1) is 0 Å². The van der Waals surface area contributed by atoms with Crippen LogP contribution in [0.2, 0.25) is 0 Å². The molecule has 116 valence electrons. The fraction of sp³-hybridized carbons (Fsp3) is 0.167. The van der Waals surface area contributed by atoms with Gasteiger partial charge in [-0.2, -0.15) is 0 Å². The average molecular weight is 323 g/mol. The number of carbonyl (C=O) groups is 1. The number of aryl methyl sites for hydroxylation is 1. The monoisotopic (exact) mass is 323 g/mol. The van der Waals surface area contributed by atoms with Gasteiger partial charge in [0.2, 0.25) is 0 Å². The normalized spacial score (nSPS) is 10.4. The molecule has 0 spiro atoms. The molecule has 23 heavy (non-hydrogen) atoms. The highest BCUT2D eigenvalue weighted by Gasteiger charge is 2.11. The van der Waals surface area contributed by atoms with Gasteiger partial charge in [-0.3, -0.25) is 9.78 Å². The van der Waals surface area contributed by atoms with Crippen LogP contribution in [0.15, 0.2) is 60.2 Å². The molecule has 0 bridgehead atoms. The van der Waals surface area contributed by atoms with Crippen LogP contribution in [0.4, 0.5) is 0 Å². The van der Waals surface area contributed by atoms with E-state index in [0.717, 1.165) is 23.4 Å². The molecule has 1 N–H and O–H groups in total. The van der Waals surface area contributed by atoms with Gasteiger partial charge in [0.1, 0.15) is 10.7 Å². The summed E-state index contributed by atoms with van der Waals surface area (Å²) < 4.78 is 0. The molecular formula is C18H17N3OS. The Kier molecular flexibility index (Phi) is 5.11. The van der Waals surface area contributed by atoms with E-state index in [1.165, 1.54) is 16.9 Å². The van der Waals surface area contributed by atoms with E-state index in [9.17, 15) is 4.79 Å². The van der Waals surface area contributed by atoms with Gasteiger partial charge in [-0.15, -0.1) is 11.3 Å². The van der Waals surface area contributed by atoms with Crippen molar-refractivity contribution in [3.05, 3.63) is 71.5 Å². The zero-order valence-corrected chi connectivity index (χ0v) is 13.4. The van der Waals surface area contributed by atoms with E-state index >= 15 is 0 Å². The second-order valence-electron chi connectivity index (χ2n) is 5.12. The van der Waals surface area contributed by atoms with Gasteiger partial charge < -0.3 is 5.32 Å². The van der Waals surface area contributed by atoms with Gasteiger partial charge in [0.05, 0.1) is 0 Å². The first-order chi connectivity index (χ1) is 11.3. The van der Waals surface area contributed by atoms with Crippen LogP contribution in [0.1, 0.15) is 22.5 Å². The van der Waals surface area contributed by atoms with E-state index < -0.39 is 0 Å². The highest BCUT2D eigenvalue weighted by molar-refractivity contribution is 7.13. The van der Waals surface area contributed by atoms with Crippen molar-refractivity contribution in [3.8, 4) is 10.6 Å². The first-order valence-corrected chi connectivity index (χ1v) is 8.39. The van der Waals surface area contributed by atoms with E-state index in [2.05, 4.69) is 27.4 Å². The molecule has 0 saturated carbocycles. The minimum atomic E-state index is -0.116. The lowest BCUT2D eigenvalue weighted by Crippen LogP contribution is -2.25. The maximum Gasteiger partial charge on any atom is 0.270 e. The molecule has 2 heterocycles. The predicted molar refractivity (Wildman–Crippen MR) is 92.4 cm³/mol. The van der Waals surface area contributed by atoms with Crippen molar-refractivity contribution >= 4 is 17.2 Å². The van der Waals surface area contributed by atoms with Crippen LogP contribution in [0.25, 0.3) is 10.6 Å². The third-order valence-electron chi connectivity index (χ3n) is 3.43. The first-order valence-electron chi connectivity index (χ1n) is 7.51. The third-order valence-corrected chi connectivity index (χ3v) is 4.33. The summed E-state index contributed by atoms with van der Waals surface area (Å²) in [5, 5.41) is 5.56. The predicted octanol–water partition coefficient (Wildman–Crippen LogP) is 3.57. The molecule has 0 aliphatic carbocycles. The van der Waals surface area contributed by atoms with Gasteiger partial charge in [0.25, 0.3) is 5.91 Å². The fourth-order valence-corrected chi connectivity index (χ4v) is 3.04. The maximum atomic E-state index is 12.1. The van der Waals surface area contributed by atoms with Crippen LogP contribution < -0.4 is 5.32 Å². The molecule has 0 saturated heterocycles. The Labute approximate surface area is 139 Å². The van der Waals surface area contributed by atoms with E-state index in [0.29, 0.717) is 12.2 Å². The van der Waals surface area contributed by atoms with Crippen LogP contribution in [-0.2, 0) is 6.42 Å². The van der Waals surface area contributed by atoms with Gasteiger partial charge in [0.15, 0.2) is 0 Å². The number of hydrogen-bond acceptors (Lipinski definition) is 4.